The van der Waals surface area contributed by atoms with Gasteiger partial charge in [0.15, 0.2) is 0 Å². The number of allylic oxidation sites excluding steroid dienone is 1. The maximum Gasteiger partial charge on any atom is 0.250 e. The number of hydrogen-bond donors (Lipinski definition) is 0. The fourth-order valence-electron chi connectivity index (χ4n) is 1.14. The fourth-order valence-corrected chi connectivity index (χ4v) is 2.17. The van der Waals surface area contributed by atoms with Crippen LogP contribution in [0, 0.1) is 0 Å². The lowest BCUT2D eigenvalue weighted by molar-refractivity contribution is 0.391. The second-order valence-electron chi connectivity index (χ2n) is 5.87. The first-order valence-electron chi connectivity index (χ1n) is 6.44. The van der Waals surface area contributed by atoms with Gasteiger partial charge >= 0.3 is 0 Å². The smallest absolute Gasteiger partial charge is 0.250 e. The summed E-state index contributed by atoms with van der Waals surface area (Å²) in [7, 11) is -1.73. The molecule has 0 N–H and O–H groups in total. The van der Waals surface area contributed by atoms with Gasteiger partial charge in [-0.3, -0.25) is 0 Å². The number of nitrogens with zero attached hydrogens (tertiary/aromatic N) is 1. The Balaban J connectivity index is 4.47. The minimum Gasteiger partial charge on any atom is -0.544 e. The molecule has 0 saturated heterocycles. The van der Waals surface area contributed by atoms with E-state index in [1.165, 1.54) is 0 Å². The van der Waals surface area contributed by atoms with Crippen molar-refractivity contribution in [3.8, 4) is 0 Å². The normalized spacial score (nSPS) is 12.9. The molecule has 0 aliphatic heterocycles. The molecule has 3 heteroatoms. The zero-order valence-electron chi connectivity index (χ0n) is 12.6. The lowest BCUT2D eigenvalue weighted by atomic mass is 10.2. The van der Waals surface area contributed by atoms with Gasteiger partial charge in [-0.2, -0.15) is 0 Å². The van der Waals surface area contributed by atoms with Crippen LogP contribution in [0.1, 0.15) is 34.6 Å². The molecule has 0 rings (SSSR count). The van der Waals surface area contributed by atoms with Gasteiger partial charge in [-0.15, -0.1) is 0 Å². The van der Waals surface area contributed by atoms with Gasteiger partial charge in [0.25, 0.3) is 0 Å². The SMILES string of the molecule is C=C(/C=C/N(CC)CC)O[Si](C)(C)C(C)(C)C. The summed E-state index contributed by atoms with van der Waals surface area (Å²) in [4.78, 5) is 2.22. The molecule has 17 heavy (non-hydrogen) atoms. The third kappa shape index (κ3) is 5.44. The molecule has 0 aliphatic carbocycles. The van der Waals surface area contributed by atoms with E-state index in [9.17, 15) is 0 Å². The summed E-state index contributed by atoms with van der Waals surface area (Å²) in [5.41, 5.74) is 0. The molecule has 0 unspecified atom stereocenters. The second kappa shape index (κ2) is 6.29. The third-order valence-corrected chi connectivity index (χ3v) is 7.86. The number of hydrogen-bond acceptors (Lipinski definition) is 2. The van der Waals surface area contributed by atoms with E-state index < -0.39 is 8.32 Å². The Labute approximate surface area is 108 Å². The van der Waals surface area contributed by atoms with E-state index in [0.717, 1.165) is 18.8 Å². The highest BCUT2D eigenvalue weighted by molar-refractivity contribution is 6.74. The number of rotatable bonds is 6. The Morgan fingerprint density at radius 2 is 1.71 bits per heavy atom. The molecule has 0 radical (unpaired) electrons. The molecule has 0 aliphatic rings. The maximum atomic E-state index is 6.07. The molecule has 0 aromatic rings. The van der Waals surface area contributed by atoms with E-state index in [2.05, 4.69) is 65.4 Å². The highest BCUT2D eigenvalue weighted by atomic mass is 28.4. The summed E-state index contributed by atoms with van der Waals surface area (Å²) in [5.74, 6) is 0.781. The Bertz CT molecular complexity index is 272. The zero-order valence-corrected chi connectivity index (χ0v) is 13.6. The summed E-state index contributed by atoms with van der Waals surface area (Å²) >= 11 is 0. The average molecular weight is 255 g/mol. The summed E-state index contributed by atoms with van der Waals surface area (Å²) in [6, 6.07) is 0. The fraction of sp³-hybridized carbons (Fsp3) is 0.714. The lowest BCUT2D eigenvalue weighted by Gasteiger charge is -2.36. The minimum absolute atomic E-state index is 0.221. The Hall–Kier alpha value is -0.703. The molecular weight excluding hydrogens is 226 g/mol. The van der Waals surface area contributed by atoms with Crippen LogP contribution in [-0.2, 0) is 4.43 Å². The zero-order chi connectivity index (χ0) is 13.7. The van der Waals surface area contributed by atoms with Gasteiger partial charge in [-0.25, -0.2) is 0 Å². The quantitative estimate of drug-likeness (QED) is 0.397. The van der Waals surface area contributed by atoms with Gasteiger partial charge < -0.3 is 9.33 Å². The van der Waals surface area contributed by atoms with Crippen LogP contribution in [0.2, 0.25) is 18.1 Å². The van der Waals surface area contributed by atoms with Crippen LogP contribution in [0.15, 0.2) is 24.6 Å². The molecule has 0 aromatic heterocycles. The standard InChI is InChI=1S/C14H29NOSi/c1-9-15(10-2)12-11-13(3)16-17(7,8)14(4,5)6/h11-12H,3,9-10H2,1-2,4-8H3/b12-11+. The Morgan fingerprint density at radius 3 is 2.06 bits per heavy atom. The maximum absolute atomic E-state index is 6.07. The van der Waals surface area contributed by atoms with Crippen molar-refractivity contribution in [2.75, 3.05) is 13.1 Å². The summed E-state index contributed by atoms with van der Waals surface area (Å²) in [6.45, 7) is 21.5. The molecule has 0 bridgehead atoms. The molecular formula is C14H29NOSi. The van der Waals surface area contributed by atoms with E-state index in [4.69, 9.17) is 4.43 Å². The average Bonchev–Trinajstić information content (AvgIpc) is 2.16. The molecule has 0 amide bonds. The third-order valence-electron chi connectivity index (χ3n) is 3.48. The van der Waals surface area contributed by atoms with Crippen LogP contribution in [0.25, 0.3) is 0 Å². The lowest BCUT2D eigenvalue weighted by Crippen LogP contribution is -2.40. The van der Waals surface area contributed by atoms with Crippen LogP contribution in [0.3, 0.4) is 0 Å². The predicted molar refractivity (Wildman–Crippen MR) is 79.5 cm³/mol. The van der Waals surface area contributed by atoms with Crippen molar-refractivity contribution in [2.45, 2.75) is 52.8 Å². The highest BCUT2D eigenvalue weighted by Gasteiger charge is 2.38. The van der Waals surface area contributed by atoms with E-state index in [-0.39, 0.29) is 5.04 Å². The molecule has 0 fully saturated rings. The van der Waals surface area contributed by atoms with E-state index in [1.807, 2.05) is 6.08 Å². The van der Waals surface area contributed by atoms with Crippen molar-refractivity contribution in [3.63, 3.8) is 0 Å². The monoisotopic (exact) mass is 255 g/mol. The molecule has 0 spiro atoms. The van der Waals surface area contributed by atoms with Crippen molar-refractivity contribution in [3.05, 3.63) is 24.6 Å². The van der Waals surface area contributed by atoms with Gasteiger partial charge in [0, 0.05) is 19.3 Å². The Kier molecular flexibility index (Phi) is 6.03. The Morgan fingerprint density at radius 1 is 1.24 bits per heavy atom. The molecule has 0 saturated carbocycles. The van der Waals surface area contributed by atoms with Crippen LogP contribution in [0.5, 0.6) is 0 Å². The van der Waals surface area contributed by atoms with Crippen molar-refractivity contribution in [1.82, 2.24) is 4.90 Å². The van der Waals surface area contributed by atoms with E-state index in [0.29, 0.717) is 0 Å². The van der Waals surface area contributed by atoms with Crippen molar-refractivity contribution in [1.29, 1.82) is 0 Å². The summed E-state index contributed by atoms with van der Waals surface area (Å²) in [6.07, 6.45) is 4.04. The van der Waals surface area contributed by atoms with Gasteiger partial charge in [-0.05, 0) is 38.1 Å². The molecule has 0 atom stereocenters. The van der Waals surface area contributed by atoms with Crippen LogP contribution < -0.4 is 0 Å². The van der Waals surface area contributed by atoms with Crippen molar-refractivity contribution < 1.29 is 4.43 Å². The van der Waals surface area contributed by atoms with E-state index >= 15 is 0 Å². The first kappa shape index (κ1) is 16.3. The van der Waals surface area contributed by atoms with Crippen LogP contribution in [-0.4, -0.2) is 26.3 Å². The second-order valence-corrected chi connectivity index (χ2v) is 10.6. The van der Waals surface area contributed by atoms with Gasteiger partial charge in [0.1, 0.15) is 0 Å². The minimum atomic E-state index is -1.73. The molecule has 100 valence electrons. The van der Waals surface area contributed by atoms with Crippen LogP contribution in [0.4, 0.5) is 0 Å². The first-order chi connectivity index (χ1) is 7.64. The predicted octanol–water partition coefficient (Wildman–Crippen LogP) is 4.38. The van der Waals surface area contributed by atoms with Crippen molar-refractivity contribution in [2.24, 2.45) is 0 Å². The van der Waals surface area contributed by atoms with Gasteiger partial charge in [-0.1, -0.05) is 27.4 Å². The summed E-state index contributed by atoms with van der Waals surface area (Å²) in [5, 5.41) is 0.221. The van der Waals surface area contributed by atoms with Crippen LogP contribution >= 0.6 is 0 Å². The summed E-state index contributed by atoms with van der Waals surface area (Å²) < 4.78 is 6.07. The van der Waals surface area contributed by atoms with E-state index in [1.54, 1.807) is 0 Å². The highest BCUT2D eigenvalue weighted by Crippen LogP contribution is 2.37. The topological polar surface area (TPSA) is 12.5 Å². The first-order valence-corrected chi connectivity index (χ1v) is 9.35. The molecule has 2 nitrogen and oxygen atoms in total. The van der Waals surface area contributed by atoms with Gasteiger partial charge in [0.2, 0.25) is 8.32 Å². The molecule has 0 heterocycles. The van der Waals surface area contributed by atoms with Crippen molar-refractivity contribution >= 4 is 8.32 Å². The van der Waals surface area contributed by atoms with Gasteiger partial charge in [0.05, 0.1) is 5.76 Å². The molecule has 0 aromatic carbocycles. The largest absolute Gasteiger partial charge is 0.544 e.